The summed E-state index contributed by atoms with van der Waals surface area (Å²) in [5.74, 6) is -0.236. The maximum Gasteiger partial charge on any atom is 0.507 e. The number of sulfonamides is 1. The topological polar surface area (TPSA) is 177 Å². The monoisotopic (exact) mass is 443 g/mol. The lowest BCUT2D eigenvalue weighted by molar-refractivity contribution is -0.0911. The largest absolute Gasteiger partial charge is 0.507 e. The van der Waals surface area contributed by atoms with Crippen LogP contribution in [0.2, 0.25) is 5.02 Å². The van der Waals surface area contributed by atoms with Crippen LogP contribution in [0.15, 0.2) is 29.3 Å². The third-order valence-corrected chi connectivity index (χ3v) is 6.09. The van der Waals surface area contributed by atoms with Crippen LogP contribution in [0.4, 0.5) is 10.6 Å². The molecule has 0 bridgehead atoms. The molecule has 6 N–H and O–H groups in total. The summed E-state index contributed by atoms with van der Waals surface area (Å²) in [7, 11) is -4.19. The fourth-order valence-corrected chi connectivity index (χ4v) is 4.57. The average molecular weight is 444 g/mol. The van der Waals surface area contributed by atoms with Gasteiger partial charge in [0.25, 0.3) is 0 Å². The number of nitrogens with two attached hydrogens (primary N) is 1. The van der Waals surface area contributed by atoms with Crippen molar-refractivity contribution in [3.8, 4) is 0 Å². The summed E-state index contributed by atoms with van der Waals surface area (Å²) in [5.41, 5.74) is 3.72. The van der Waals surface area contributed by atoms with Crippen LogP contribution in [-0.2, 0) is 19.5 Å². The molecule has 156 valence electrons. The third kappa shape index (κ3) is 4.67. The second-order valence-corrected chi connectivity index (χ2v) is 8.37. The number of carbonyl (C=O) groups is 1. The van der Waals surface area contributed by atoms with Crippen LogP contribution in [-0.4, -0.2) is 49.6 Å². The zero-order valence-electron chi connectivity index (χ0n) is 14.9. The van der Waals surface area contributed by atoms with Crippen molar-refractivity contribution < 1.29 is 27.8 Å². The molecule has 1 aromatic carbocycles. The molecule has 1 aliphatic heterocycles. The first-order valence-corrected chi connectivity index (χ1v) is 10.2. The Morgan fingerprint density at radius 2 is 2.03 bits per heavy atom. The summed E-state index contributed by atoms with van der Waals surface area (Å²) < 4.78 is 38.4. The van der Waals surface area contributed by atoms with Crippen LogP contribution >= 0.6 is 11.6 Å². The SMILES string of the molecule is N=C(N)Nc1ncc(Cl)c2ccc(S(=O)(=O)NC3(OC(=O)O)CCOCC3)cc12. The van der Waals surface area contributed by atoms with E-state index in [2.05, 4.69) is 15.0 Å². The fourth-order valence-electron chi connectivity index (χ4n) is 2.98. The molecule has 0 amide bonds. The van der Waals surface area contributed by atoms with E-state index in [4.69, 9.17) is 37.3 Å². The normalized spacial score (nSPS) is 16.3. The molecular formula is C16H18ClN5O6S. The first kappa shape index (κ1) is 21.0. The molecule has 1 fully saturated rings. The number of guanidine groups is 1. The Kier molecular flexibility index (Phi) is 5.80. The van der Waals surface area contributed by atoms with Gasteiger partial charge in [-0.05, 0) is 12.1 Å². The summed E-state index contributed by atoms with van der Waals surface area (Å²) in [6, 6.07) is 4.10. The zero-order chi connectivity index (χ0) is 21.2. The quantitative estimate of drug-likeness (QED) is 0.199. The van der Waals surface area contributed by atoms with Gasteiger partial charge in [-0.25, -0.2) is 18.2 Å². The van der Waals surface area contributed by atoms with Crippen molar-refractivity contribution in [2.75, 3.05) is 18.5 Å². The van der Waals surface area contributed by atoms with E-state index in [0.29, 0.717) is 10.8 Å². The van der Waals surface area contributed by atoms with Crippen molar-refractivity contribution >= 4 is 50.3 Å². The molecule has 2 heterocycles. The van der Waals surface area contributed by atoms with E-state index in [1.807, 2.05) is 0 Å². The minimum atomic E-state index is -4.19. The van der Waals surface area contributed by atoms with Crippen LogP contribution in [0.25, 0.3) is 10.8 Å². The number of halogens is 1. The molecule has 0 saturated carbocycles. The van der Waals surface area contributed by atoms with Gasteiger partial charge in [-0.3, -0.25) is 5.41 Å². The van der Waals surface area contributed by atoms with Gasteiger partial charge in [0.05, 0.1) is 23.1 Å². The minimum Gasteiger partial charge on any atom is -0.450 e. The Balaban J connectivity index is 2.03. The first-order chi connectivity index (χ1) is 13.6. The average Bonchev–Trinajstić information content (AvgIpc) is 2.63. The Labute approximate surface area is 170 Å². The molecule has 2 aromatic rings. The number of rotatable bonds is 5. The number of hydrogen-bond acceptors (Lipinski definition) is 7. The van der Waals surface area contributed by atoms with Crippen LogP contribution in [0, 0.1) is 5.41 Å². The Hall–Kier alpha value is -2.67. The highest BCUT2D eigenvalue weighted by molar-refractivity contribution is 7.89. The summed E-state index contributed by atoms with van der Waals surface area (Å²) >= 11 is 6.13. The number of ether oxygens (including phenoxy) is 2. The molecule has 1 aromatic heterocycles. The predicted molar refractivity (Wildman–Crippen MR) is 105 cm³/mol. The lowest BCUT2D eigenvalue weighted by Crippen LogP contribution is -2.54. The van der Waals surface area contributed by atoms with Gasteiger partial charge in [-0.15, -0.1) is 0 Å². The Morgan fingerprint density at radius 1 is 1.34 bits per heavy atom. The second-order valence-electron chi connectivity index (χ2n) is 6.28. The van der Waals surface area contributed by atoms with E-state index in [0.717, 1.165) is 0 Å². The highest BCUT2D eigenvalue weighted by atomic mass is 35.5. The van der Waals surface area contributed by atoms with Gasteiger partial charge in [0, 0.05) is 29.8 Å². The van der Waals surface area contributed by atoms with Crippen LogP contribution < -0.4 is 15.8 Å². The van der Waals surface area contributed by atoms with E-state index < -0.39 is 21.9 Å². The maximum absolute atomic E-state index is 13.0. The molecule has 3 rings (SSSR count). The lowest BCUT2D eigenvalue weighted by atomic mass is 10.1. The molecule has 0 atom stereocenters. The number of aromatic nitrogens is 1. The van der Waals surface area contributed by atoms with Gasteiger partial charge in [-0.1, -0.05) is 17.7 Å². The predicted octanol–water partition coefficient (Wildman–Crippen LogP) is 1.67. The standard InChI is InChI=1S/C16H18ClN5O6S/c17-12-8-20-13(21-14(18)19)11-7-9(1-2-10(11)12)29(25,26)22-16(28-15(23)24)3-5-27-6-4-16/h1-2,7-8,22H,3-6H2,(H,23,24)(H4,18,19,20,21). The van der Waals surface area contributed by atoms with Crippen molar-refractivity contribution in [2.45, 2.75) is 23.5 Å². The molecule has 13 heteroatoms. The molecule has 29 heavy (non-hydrogen) atoms. The third-order valence-electron chi connectivity index (χ3n) is 4.28. The summed E-state index contributed by atoms with van der Waals surface area (Å²) in [5, 5.41) is 20.0. The number of nitrogens with zero attached hydrogens (tertiary/aromatic N) is 1. The molecule has 0 aliphatic carbocycles. The minimum absolute atomic E-state index is 0.0244. The van der Waals surface area contributed by atoms with E-state index in [1.165, 1.54) is 24.4 Å². The number of anilines is 1. The number of hydrogen-bond donors (Lipinski definition) is 5. The Morgan fingerprint density at radius 3 is 2.66 bits per heavy atom. The zero-order valence-corrected chi connectivity index (χ0v) is 16.5. The number of carboxylic acid groups (broad SMARTS) is 1. The molecule has 0 radical (unpaired) electrons. The highest BCUT2D eigenvalue weighted by Gasteiger charge is 2.41. The van der Waals surface area contributed by atoms with E-state index in [-0.39, 0.29) is 47.8 Å². The van der Waals surface area contributed by atoms with Crippen LogP contribution in [0.5, 0.6) is 0 Å². The van der Waals surface area contributed by atoms with Crippen LogP contribution in [0.1, 0.15) is 12.8 Å². The van der Waals surface area contributed by atoms with Crippen LogP contribution in [0.3, 0.4) is 0 Å². The van der Waals surface area contributed by atoms with Gasteiger partial charge in [-0.2, -0.15) is 4.72 Å². The van der Waals surface area contributed by atoms with Gasteiger partial charge < -0.3 is 25.6 Å². The fraction of sp³-hybridized carbons (Fsp3) is 0.312. The second kappa shape index (κ2) is 7.99. The molecular weight excluding hydrogens is 426 g/mol. The number of benzene rings is 1. The molecule has 0 unspecified atom stereocenters. The van der Waals surface area contributed by atoms with E-state index >= 15 is 0 Å². The Bertz CT molecular complexity index is 1070. The number of nitrogens with one attached hydrogen (secondary N) is 3. The van der Waals surface area contributed by atoms with Crippen molar-refractivity contribution in [1.29, 1.82) is 5.41 Å². The summed E-state index contributed by atoms with van der Waals surface area (Å²) in [4.78, 5) is 15.0. The number of fused-ring (bicyclic) bond motifs is 1. The summed E-state index contributed by atoms with van der Waals surface area (Å²) in [6.07, 6.45) is -0.205. The molecule has 0 spiro atoms. The van der Waals surface area contributed by atoms with Gasteiger partial charge in [0.15, 0.2) is 11.7 Å². The van der Waals surface area contributed by atoms with E-state index in [1.54, 1.807) is 0 Å². The highest BCUT2D eigenvalue weighted by Crippen LogP contribution is 2.31. The molecule has 11 nitrogen and oxygen atoms in total. The van der Waals surface area contributed by atoms with Crippen molar-refractivity contribution in [3.05, 3.63) is 29.4 Å². The van der Waals surface area contributed by atoms with Gasteiger partial charge in [0.1, 0.15) is 5.82 Å². The molecule has 1 aliphatic rings. The summed E-state index contributed by atoms with van der Waals surface area (Å²) in [6.45, 7) is 0.277. The van der Waals surface area contributed by atoms with Gasteiger partial charge in [0.2, 0.25) is 10.0 Å². The van der Waals surface area contributed by atoms with Crippen molar-refractivity contribution in [1.82, 2.24) is 9.71 Å². The van der Waals surface area contributed by atoms with E-state index in [9.17, 15) is 13.2 Å². The van der Waals surface area contributed by atoms with Gasteiger partial charge >= 0.3 is 6.16 Å². The maximum atomic E-state index is 13.0. The number of pyridine rings is 1. The molecule has 1 saturated heterocycles. The smallest absolute Gasteiger partial charge is 0.450 e. The van der Waals surface area contributed by atoms with Crippen molar-refractivity contribution in [2.24, 2.45) is 5.73 Å². The van der Waals surface area contributed by atoms with Crippen molar-refractivity contribution in [3.63, 3.8) is 0 Å². The lowest BCUT2D eigenvalue weighted by Gasteiger charge is -2.35. The first-order valence-electron chi connectivity index (χ1n) is 8.35.